The molecule has 0 unspecified atom stereocenters. The van der Waals surface area contributed by atoms with E-state index in [0.717, 1.165) is 19.3 Å². The maximum atomic E-state index is 11.9. The van der Waals surface area contributed by atoms with Crippen molar-refractivity contribution in [2.24, 2.45) is 0 Å². The molecule has 1 N–H and O–H groups in total. The second-order valence-electron chi connectivity index (χ2n) is 3.39. The van der Waals surface area contributed by atoms with Gasteiger partial charge in [0.2, 0.25) is 0 Å². The molecule has 2 rings (SSSR count). The van der Waals surface area contributed by atoms with Crippen LogP contribution < -0.4 is 0 Å². The highest BCUT2D eigenvalue weighted by Gasteiger charge is 2.26. The van der Waals surface area contributed by atoms with Gasteiger partial charge in [0.15, 0.2) is 5.03 Å². The quantitative estimate of drug-likeness (QED) is 0.785. The summed E-state index contributed by atoms with van der Waals surface area (Å²) in [6.07, 6.45) is 4.48. The summed E-state index contributed by atoms with van der Waals surface area (Å²) in [4.78, 5) is 0. The predicted molar refractivity (Wildman–Crippen MR) is 51.2 cm³/mol. The van der Waals surface area contributed by atoms with Crippen molar-refractivity contribution in [1.82, 2.24) is 14.5 Å². The Morgan fingerprint density at radius 2 is 2.00 bits per heavy atom. The molecule has 0 bridgehead atoms. The minimum Gasteiger partial charge on any atom is -0.266 e. The number of hydrogen-bond donors (Lipinski definition) is 1. The van der Waals surface area contributed by atoms with Crippen LogP contribution >= 0.6 is 0 Å². The van der Waals surface area contributed by atoms with Crippen LogP contribution in [-0.2, 0) is 10.0 Å². The van der Waals surface area contributed by atoms with Gasteiger partial charge in [-0.2, -0.15) is 9.40 Å². The fourth-order valence-electron chi connectivity index (χ4n) is 1.63. The van der Waals surface area contributed by atoms with Crippen LogP contribution in [0.4, 0.5) is 0 Å². The predicted octanol–water partition coefficient (Wildman–Crippen LogP) is 0.584. The summed E-state index contributed by atoms with van der Waals surface area (Å²) in [6.45, 7) is 1.25. The SMILES string of the molecule is O=S(=O)(c1ccn[nH]1)N1CCCCC1. The maximum absolute atomic E-state index is 11.9. The van der Waals surface area contributed by atoms with Gasteiger partial charge in [0.25, 0.3) is 10.0 Å². The highest BCUT2D eigenvalue weighted by atomic mass is 32.2. The van der Waals surface area contributed by atoms with Gasteiger partial charge < -0.3 is 0 Å². The molecule has 0 aromatic carbocycles. The Morgan fingerprint density at radius 1 is 1.29 bits per heavy atom. The molecule has 1 aromatic rings. The molecule has 1 saturated heterocycles. The third-order valence-electron chi connectivity index (χ3n) is 2.41. The molecule has 0 aliphatic carbocycles. The largest absolute Gasteiger partial charge is 0.266 e. The van der Waals surface area contributed by atoms with Gasteiger partial charge in [-0.15, -0.1) is 0 Å². The van der Waals surface area contributed by atoms with Gasteiger partial charge in [-0.1, -0.05) is 6.42 Å². The molecule has 78 valence electrons. The van der Waals surface area contributed by atoms with Crippen molar-refractivity contribution >= 4 is 10.0 Å². The van der Waals surface area contributed by atoms with Crippen molar-refractivity contribution in [1.29, 1.82) is 0 Å². The minimum atomic E-state index is -3.30. The van der Waals surface area contributed by atoms with E-state index < -0.39 is 10.0 Å². The normalized spacial score (nSPS) is 19.7. The average molecular weight is 215 g/mol. The Hall–Kier alpha value is -0.880. The minimum absolute atomic E-state index is 0.194. The molecule has 5 nitrogen and oxygen atoms in total. The molecule has 0 spiro atoms. The fraction of sp³-hybridized carbons (Fsp3) is 0.625. The number of sulfonamides is 1. The Morgan fingerprint density at radius 3 is 2.57 bits per heavy atom. The van der Waals surface area contributed by atoms with Gasteiger partial charge in [-0.05, 0) is 18.9 Å². The molecular formula is C8H13N3O2S. The lowest BCUT2D eigenvalue weighted by Crippen LogP contribution is -2.35. The van der Waals surface area contributed by atoms with Crippen molar-refractivity contribution in [3.8, 4) is 0 Å². The van der Waals surface area contributed by atoms with E-state index in [9.17, 15) is 8.42 Å². The molecule has 1 fully saturated rings. The van der Waals surface area contributed by atoms with Gasteiger partial charge >= 0.3 is 0 Å². The van der Waals surface area contributed by atoms with Gasteiger partial charge in [0.1, 0.15) is 0 Å². The lowest BCUT2D eigenvalue weighted by molar-refractivity contribution is 0.345. The summed E-state index contributed by atoms with van der Waals surface area (Å²) < 4.78 is 25.3. The zero-order valence-corrected chi connectivity index (χ0v) is 8.63. The number of piperidine rings is 1. The van der Waals surface area contributed by atoms with Crippen LogP contribution in [-0.4, -0.2) is 36.0 Å². The number of rotatable bonds is 2. The number of hydrogen-bond acceptors (Lipinski definition) is 3. The molecular weight excluding hydrogens is 202 g/mol. The van der Waals surface area contributed by atoms with Crippen molar-refractivity contribution in [2.75, 3.05) is 13.1 Å². The van der Waals surface area contributed by atoms with Crippen LogP contribution in [0.2, 0.25) is 0 Å². The molecule has 14 heavy (non-hydrogen) atoms. The number of aromatic nitrogens is 2. The molecule has 6 heteroatoms. The van der Waals surface area contributed by atoms with Crippen LogP contribution in [0.25, 0.3) is 0 Å². The summed E-state index contributed by atoms with van der Waals surface area (Å²) in [6, 6.07) is 1.49. The monoisotopic (exact) mass is 215 g/mol. The lowest BCUT2D eigenvalue weighted by Gasteiger charge is -2.24. The average Bonchev–Trinajstić information content (AvgIpc) is 2.72. The summed E-state index contributed by atoms with van der Waals surface area (Å²) in [7, 11) is -3.30. The first-order valence-electron chi connectivity index (χ1n) is 4.71. The first kappa shape index (κ1) is 9.67. The molecule has 2 heterocycles. The smallest absolute Gasteiger partial charge is 0.259 e. The Balaban J connectivity index is 2.23. The van der Waals surface area contributed by atoms with Gasteiger partial charge in [-0.25, -0.2) is 8.42 Å². The molecule has 1 aromatic heterocycles. The lowest BCUT2D eigenvalue weighted by atomic mass is 10.2. The number of nitrogens with one attached hydrogen (secondary N) is 1. The Labute approximate surface area is 83.2 Å². The van der Waals surface area contributed by atoms with Crippen molar-refractivity contribution in [3.63, 3.8) is 0 Å². The zero-order chi connectivity index (χ0) is 10.0. The van der Waals surface area contributed by atoms with Crippen molar-refractivity contribution in [3.05, 3.63) is 12.3 Å². The van der Waals surface area contributed by atoms with Gasteiger partial charge in [-0.3, -0.25) is 5.10 Å². The van der Waals surface area contributed by atoms with Crippen molar-refractivity contribution < 1.29 is 8.42 Å². The third-order valence-corrected chi connectivity index (χ3v) is 4.24. The summed E-state index contributed by atoms with van der Waals surface area (Å²) in [5.74, 6) is 0. The standard InChI is InChI=1S/C8H13N3O2S/c12-14(13,8-4-5-9-10-8)11-6-2-1-3-7-11/h4-5H,1-3,6-7H2,(H,9,10). The van der Waals surface area contributed by atoms with E-state index in [1.165, 1.54) is 16.6 Å². The van der Waals surface area contributed by atoms with E-state index in [1.807, 2.05) is 0 Å². The molecule has 1 aliphatic rings. The molecule has 0 atom stereocenters. The summed E-state index contributed by atoms with van der Waals surface area (Å²) >= 11 is 0. The topological polar surface area (TPSA) is 66.1 Å². The molecule has 0 radical (unpaired) electrons. The second kappa shape index (κ2) is 3.70. The molecule has 0 amide bonds. The number of nitrogens with zero attached hydrogens (tertiary/aromatic N) is 2. The first-order chi connectivity index (χ1) is 6.71. The zero-order valence-electron chi connectivity index (χ0n) is 7.81. The number of H-pyrrole nitrogens is 1. The van der Waals surface area contributed by atoms with Crippen LogP contribution in [0.5, 0.6) is 0 Å². The van der Waals surface area contributed by atoms with E-state index in [-0.39, 0.29) is 5.03 Å². The van der Waals surface area contributed by atoms with Crippen LogP contribution in [0, 0.1) is 0 Å². The second-order valence-corrected chi connectivity index (χ2v) is 5.29. The summed E-state index contributed by atoms with van der Waals surface area (Å²) in [5.41, 5.74) is 0. The van der Waals surface area contributed by atoms with Crippen LogP contribution in [0.3, 0.4) is 0 Å². The summed E-state index contributed by atoms with van der Waals surface area (Å²) in [5, 5.41) is 6.34. The first-order valence-corrected chi connectivity index (χ1v) is 6.15. The van der Waals surface area contributed by atoms with Crippen molar-refractivity contribution in [2.45, 2.75) is 24.3 Å². The van der Waals surface area contributed by atoms with E-state index >= 15 is 0 Å². The highest BCUT2D eigenvalue weighted by Crippen LogP contribution is 2.18. The van der Waals surface area contributed by atoms with Crippen LogP contribution in [0.15, 0.2) is 17.3 Å². The fourth-order valence-corrected chi connectivity index (χ4v) is 3.05. The van der Waals surface area contributed by atoms with Crippen LogP contribution in [0.1, 0.15) is 19.3 Å². The maximum Gasteiger partial charge on any atom is 0.259 e. The Bertz CT molecular complexity index is 379. The van der Waals surface area contributed by atoms with E-state index in [1.54, 1.807) is 0 Å². The van der Waals surface area contributed by atoms with Gasteiger partial charge in [0, 0.05) is 13.1 Å². The van der Waals surface area contributed by atoms with E-state index in [0.29, 0.717) is 13.1 Å². The third kappa shape index (κ3) is 1.67. The highest BCUT2D eigenvalue weighted by molar-refractivity contribution is 7.89. The van der Waals surface area contributed by atoms with E-state index in [2.05, 4.69) is 10.2 Å². The Kier molecular flexibility index (Phi) is 2.56. The molecule has 0 saturated carbocycles. The van der Waals surface area contributed by atoms with E-state index in [4.69, 9.17) is 0 Å². The number of aromatic amines is 1. The van der Waals surface area contributed by atoms with Gasteiger partial charge in [0.05, 0.1) is 6.20 Å². The molecule has 1 aliphatic heterocycles.